The number of aliphatic hydroxyl groups excluding tert-OH is 1. The second kappa shape index (κ2) is 7.36. The SMILES string of the molecule is Cc1ccc2oc(C(=O)NCCSCCCO)cc2c1. The Morgan fingerprint density at radius 3 is 3.00 bits per heavy atom. The summed E-state index contributed by atoms with van der Waals surface area (Å²) in [5.74, 6) is 1.93. The minimum absolute atomic E-state index is 0.179. The summed E-state index contributed by atoms with van der Waals surface area (Å²) in [6.07, 6.45) is 0.793. The molecule has 1 aromatic carbocycles. The summed E-state index contributed by atoms with van der Waals surface area (Å²) < 4.78 is 5.53. The van der Waals surface area contributed by atoms with Gasteiger partial charge in [-0.25, -0.2) is 0 Å². The van der Waals surface area contributed by atoms with Gasteiger partial charge in [-0.05, 0) is 37.3 Å². The summed E-state index contributed by atoms with van der Waals surface area (Å²) in [4.78, 5) is 11.9. The van der Waals surface area contributed by atoms with E-state index >= 15 is 0 Å². The number of rotatable bonds is 7. The molecule has 5 heteroatoms. The predicted octanol–water partition coefficient (Wildman–Crippen LogP) is 2.59. The molecule has 108 valence electrons. The van der Waals surface area contributed by atoms with Gasteiger partial charge < -0.3 is 14.8 Å². The molecule has 0 bridgehead atoms. The van der Waals surface area contributed by atoms with Gasteiger partial charge in [0.15, 0.2) is 5.76 Å². The number of fused-ring (bicyclic) bond motifs is 1. The number of amides is 1. The summed E-state index contributed by atoms with van der Waals surface area (Å²) in [5, 5.41) is 12.4. The minimum Gasteiger partial charge on any atom is -0.451 e. The van der Waals surface area contributed by atoms with Crippen LogP contribution in [0.2, 0.25) is 0 Å². The lowest BCUT2D eigenvalue weighted by molar-refractivity contribution is 0.0930. The zero-order valence-electron chi connectivity index (χ0n) is 11.5. The molecule has 1 heterocycles. The van der Waals surface area contributed by atoms with Crippen molar-refractivity contribution in [3.63, 3.8) is 0 Å². The van der Waals surface area contributed by atoms with Gasteiger partial charge in [-0.1, -0.05) is 11.6 Å². The fourth-order valence-corrected chi connectivity index (χ4v) is 2.65. The molecule has 0 radical (unpaired) electrons. The largest absolute Gasteiger partial charge is 0.451 e. The summed E-state index contributed by atoms with van der Waals surface area (Å²) in [6, 6.07) is 7.62. The summed E-state index contributed by atoms with van der Waals surface area (Å²) >= 11 is 1.72. The fraction of sp³-hybridized carbons (Fsp3) is 0.400. The summed E-state index contributed by atoms with van der Waals surface area (Å²) in [5.41, 5.74) is 1.88. The van der Waals surface area contributed by atoms with E-state index < -0.39 is 0 Å². The highest BCUT2D eigenvalue weighted by molar-refractivity contribution is 7.99. The Bertz CT molecular complexity index is 580. The van der Waals surface area contributed by atoms with E-state index in [9.17, 15) is 4.79 Å². The van der Waals surface area contributed by atoms with Crippen molar-refractivity contribution in [1.29, 1.82) is 0 Å². The second-order valence-corrected chi connectivity index (χ2v) is 5.82. The number of hydrogen-bond donors (Lipinski definition) is 2. The maximum absolute atomic E-state index is 11.9. The molecule has 0 aliphatic heterocycles. The number of nitrogens with one attached hydrogen (secondary N) is 1. The average Bonchev–Trinajstić information content (AvgIpc) is 2.85. The smallest absolute Gasteiger partial charge is 0.287 e. The quantitative estimate of drug-likeness (QED) is 0.770. The van der Waals surface area contributed by atoms with Gasteiger partial charge in [0.05, 0.1) is 0 Å². The van der Waals surface area contributed by atoms with Crippen molar-refractivity contribution in [2.45, 2.75) is 13.3 Å². The lowest BCUT2D eigenvalue weighted by atomic mass is 10.2. The van der Waals surface area contributed by atoms with Gasteiger partial charge in [0, 0.05) is 24.3 Å². The minimum atomic E-state index is -0.179. The van der Waals surface area contributed by atoms with Crippen molar-refractivity contribution in [2.75, 3.05) is 24.7 Å². The van der Waals surface area contributed by atoms with Gasteiger partial charge in [0.25, 0.3) is 5.91 Å². The summed E-state index contributed by atoms with van der Waals surface area (Å²) in [7, 11) is 0. The Balaban J connectivity index is 1.85. The van der Waals surface area contributed by atoms with Crippen molar-refractivity contribution in [1.82, 2.24) is 5.32 Å². The Morgan fingerprint density at radius 2 is 2.20 bits per heavy atom. The van der Waals surface area contributed by atoms with Gasteiger partial charge in [-0.2, -0.15) is 11.8 Å². The standard InChI is InChI=1S/C15H19NO3S/c1-11-3-4-13-12(9-11)10-14(19-13)15(18)16-5-8-20-7-2-6-17/h3-4,9-10,17H,2,5-8H2,1H3,(H,16,18). The molecular weight excluding hydrogens is 274 g/mol. The molecule has 1 aromatic heterocycles. The van der Waals surface area contributed by atoms with E-state index in [1.807, 2.05) is 25.1 Å². The molecule has 0 saturated carbocycles. The number of aryl methyl sites for hydroxylation is 1. The maximum Gasteiger partial charge on any atom is 0.287 e. The molecule has 2 rings (SSSR count). The first-order valence-electron chi connectivity index (χ1n) is 6.67. The highest BCUT2D eigenvalue weighted by atomic mass is 32.2. The van der Waals surface area contributed by atoms with E-state index in [1.54, 1.807) is 17.8 Å². The molecule has 4 nitrogen and oxygen atoms in total. The van der Waals surface area contributed by atoms with E-state index in [0.717, 1.165) is 34.5 Å². The molecule has 2 N–H and O–H groups in total. The number of carbonyl (C=O) groups is 1. The van der Waals surface area contributed by atoms with Crippen LogP contribution in [-0.4, -0.2) is 35.7 Å². The number of furan rings is 1. The number of hydrogen-bond acceptors (Lipinski definition) is 4. The number of carbonyl (C=O) groups excluding carboxylic acids is 1. The molecule has 0 fully saturated rings. The number of thioether (sulfide) groups is 1. The van der Waals surface area contributed by atoms with Gasteiger partial charge in [-0.15, -0.1) is 0 Å². The normalized spacial score (nSPS) is 10.9. The molecule has 20 heavy (non-hydrogen) atoms. The van der Waals surface area contributed by atoms with Gasteiger partial charge >= 0.3 is 0 Å². The van der Waals surface area contributed by atoms with Crippen molar-refractivity contribution in [3.05, 3.63) is 35.6 Å². The van der Waals surface area contributed by atoms with Crippen LogP contribution in [0, 0.1) is 6.92 Å². The Hall–Kier alpha value is -1.46. The second-order valence-electron chi connectivity index (χ2n) is 4.60. The van der Waals surface area contributed by atoms with Crippen LogP contribution in [-0.2, 0) is 0 Å². The van der Waals surface area contributed by atoms with E-state index in [4.69, 9.17) is 9.52 Å². The van der Waals surface area contributed by atoms with E-state index in [2.05, 4.69) is 5.32 Å². The van der Waals surface area contributed by atoms with Crippen molar-refractivity contribution >= 4 is 28.6 Å². The fourth-order valence-electron chi connectivity index (χ4n) is 1.87. The molecule has 0 aliphatic carbocycles. The third kappa shape index (κ3) is 4.02. The first kappa shape index (κ1) is 14.9. The zero-order valence-corrected chi connectivity index (χ0v) is 12.3. The molecule has 0 atom stereocenters. The molecule has 0 saturated heterocycles. The Morgan fingerprint density at radius 1 is 1.35 bits per heavy atom. The van der Waals surface area contributed by atoms with Crippen LogP contribution in [0.1, 0.15) is 22.5 Å². The molecule has 2 aromatic rings. The lowest BCUT2D eigenvalue weighted by Gasteiger charge is -2.02. The topological polar surface area (TPSA) is 62.5 Å². The summed E-state index contributed by atoms with van der Waals surface area (Å²) in [6.45, 7) is 2.83. The third-order valence-corrected chi connectivity index (χ3v) is 3.94. The Labute approximate surface area is 122 Å². The van der Waals surface area contributed by atoms with Crippen LogP contribution in [0.4, 0.5) is 0 Å². The van der Waals surface area contributed by atoms with Gasteiger partial charge in [0.1, 0.15) is 5.58 Å². The van der Waals surface area contributed by atoms with Crippen molar-refractivity contribution < 1.29 is 14.3 Å². The van der Waals surface area contributed by atoms with Crippen LogP contribution in [0.25, 0.3) is 11.0 Å². The van der Waals surface area contributed by atoms with Crippen LogP contribution in [0.5, 0.6) is 0 Å². The maximum atomic E-state index is 11.9. The molecule has 1 amide bonds. The number of aliphatic hydroxyl groups is 1. The first-order valence-corrected chi connectivity index (χ1v) is 7.83. The van der Waals surface area contributed by atoms with Crippen LogP contribution in [0.15, 0.2) is 28.7 Å². The molecule has 0 unspecified atom stereocenters. The monoisotopic (exact) mass is 293 g/mol. The highest BCUT2D eigenvalue weighted by Crippen LogP contribution is 2.20. The number of benzene rings is 1. The first-order chi connectivity index (χ1) is 9.70. The van der Waals surface area contributed by atoms with Gasteiger partial charge in [-0.3, -0.25) is 4.79 Å². The average molecular weight is 293 g/mol. The van der Waals surface area contributed by atoms with E-state index in [-0.39, 0.29) is 12.5 Å². The van der Waals surface area contributed by atoms with Crippen LogP contribution in [0.3, 0.4) is 0 Å². The molecular formula is C15H19NO3S. The van der Waals surface area contributed by atoms with Crippen molar-refractivity contribution in [2.24, 2.45) is 0 Å². The predicted molar refractivity (Wildman–Crippen MR) is 82.3 cm³/mol. The van der Waals surface area contributed by atoms with E-state index in [1.165, 1.54) is 0 Å². The third-order valence-electron chi connectivity index (χ3n) is 2.87. The van der Waals surface area contributed by atoms with Gasteiger partial charge in [0.2, 0.25) is 0 Å². The van der Waals surface area contributed by atoms with Crippen LogP contribution < -0.4 is 5.32 Å². The molecule has 0 aliphatic rings. The van der Waals surface area contributed by atoms with E-state index in [0.29, 0.717) is 12.3 Å². The van der Waals surface area contributed by atoms with Crippen LogP contribution >= 0.6 is 11.8 Å². The highest BCUT2D eigenvalue weighted by Gasteiger charge is 2.11. The molecule has 0 spiro atoms. The van der Waals surface area contributed by atoms with Crippen molar-refractivity contribution in [3.8, 4) is 0 Å². The lowest BCUT2D eigenvalue weighted by Crippen LogP contribution is -2.25. The Kier molecular flexibility index (Phi) is 5.49. The zero-order chi connectivity index (χ0) is 14.4.